The second kappa shape index (κ2) is 8.17. The van der Waals surface area contributed by atoms with Crippen LogP contribution < -0.4 is 10.5 Å². The highest BCUT2D eigenvalue weighted by molar-refractivity contribution is 5.75. The van der Waals surface area contributed by atoms with Crippen LogP contribution in [-0.4, -0.2) is 30.5 Å². The molecule has 1 fully saturated rings. The first-order chi connectivity index (χ1) is 12.1. The molecule has 2 aromatic rings. The van der Waals surface area contributed by atoms with Crippen LogP contribution in [0.2, 0.25) is 0 Å². The molecule has 0 aliphatic carbocycles. The maximum atomic E-state index is 10.9. The Morgan fingerprint density at radius 2 is 1.80 bits per heavy atom. The molecule has 132 valence electrons. The second-order valence-corrected chi connectivity index (χ2v) is 6.68. The van der Waals surface area contributed by atoms with E-state index >= 15 is 0 Å². The van der Waals surface area contributed by atoms with E-state index in [0.29, 0.717) is 11.8 Å². The number of nitrogens with zero attached hydrogens (tertiary/aromatic N) is 1. The minimum atomic E-state index is -0.471. The zero-order valence-corrected chi connectivity index (χ0v) is 14.8. The average molecular weight is 338 g/mol. The van der Waals surface area contributed by atoms with Crippen molar-refractivity contribution in [2.45, 2.75) is 32.2 Å². The third-order valence-electron chi connectivity index (χ3n) is 4.88. The molecule has 1 aliphatic heterocycles. The van der Waals surface area contributed by atoms with Gasteiger partial charge < -0.3 is 10.5 Å². The van der Waals surface area contributed by atoms with Crippen molar-refractivity contribution in [2.75, 3.05) is 19.7 Å². The molecule has 1 aliphatic rings. The van der Waals surface area contributed by atoms with Crippen molar-refractivity contribution in [3.63, 3.8) is 0 Å². The lowest BCUT2D eigenvalue weighted by Crippen LogP contribution is -2.32. The van der Waals surface area contributed by atoms with Gasteiger partial charge in [-0.15, -0.1) is 0 Å². The van der Waals surface area contributed by atoms with Crippen molar-refractivity contribution in [3.05, 3.63) is 54.1 Å². The summed E-state index contributed by atoms with van der Waals surface area (Å²) in [6, 6.07) is 16.9. The van der Waals surface area contributed by atoms with Crippen molar-refractivity contribution in [2.24, 2.45) is 5.73 Å². The molecular weight excluding hydrogens is 312 g/mol. The Morgan fingerprint density at radius 3 is 2.48 bits per heavy atom. The summed E-state index contributed by atoms with van der Waals surface area (Å²) in [6.45, 7) is 4.58. The van der Waals surface area contributed by atoms with Crippen molar-refractivity contribution < 1.29 is 9.53 Å². The fourth-order valence-corrected chi connectivity index (χ4v) is 3.39. The lowest BCUT2D eigenvalue weighted by Gasteiger charge is -2.32. The molecule has 4 heteroatoms. The average Bonchev–Trinajstić information content (AvgIpc) is 2.67. The van der Waals surface area contributed by atoms with E-state index in [1.54, 1.807) is 0 Å². The highest BCUT2D eigenvalue weighted by Gasteiger charge is 2.17. The largest absolute Gasteiger partial charge is 0.484 e. The molecule has 0 aromatic heterocycles. The Labute approximate surface area is 149 Å². The van der Waals surface area contributed by atoms with E-state index < -0.39 is 5.91 Å². The van der Waals surface area contributed by atoms with Crippen molar-refractivity contribution in [1.82, 2.24) is 4.90 Å². The first-order valence-corrected chi connectivity index (χ1v) is 8.99. The Hall–Kier alpha value is -2.33. The van der Waals surface area contributed by atoms with Crippen LogP contribution in [0.3, 0.4) is 0 Å². The van der Waals surface area contributed by atoms with Gasteiger partial charge in [0, 0.05) is 6.04 Å². The molecule has 25 heavy (non-hydrogen) atoms. The molecule has 1 atom stereocenters. The predicted molar refractivity (Wildman–Crippen MR) is 100 cm³/mol. The number of amides is 1. The number of benzene rings is 2. The van der Waals surface area contributed by atoms with Crippen LogP contribution in [-0.2, 0) is 4.79 Å². The number of rotatable bonds is 6. The number of carbonyl (C=O) groups is 1. The van der Waals surface area contributed by atoms with Crippen molar-refractivity contribution in [1.29, 1.82) is 0 Å². The van der Waals surface area contributed by atoms with Gasteiger partial charge in [-0.1, -0.05) is 42.8 Å². The van der Waals surface area contributed by atoms with E-state index in [9.17, 15) is 4.79 Å². The molecule has 2 N–H and O–H groups in total. The van der Waals surface area contributed by atoms with Crippen LogP contribution >= 0.6 is 0 Å². The molecule has 2 aromatic carbocycles. The van der Waals surface area contributed by atoms with Crippen LogP contribution in [0.5, 0.6) is 5.75 Å². The lowest BCUT2D eigenvalue weighted by atomic mass is 9.99. The van der Waals surface area contributed by atoms with Gasteiger partial charge in [0.05, 0.1) is 0 Å². The molecule has 0 radical (unpaired) electrons. The van der Waals surface area contributed by atoms with E-state index in [-0.39, 0.29) is 6.61 Å². The zero-order chi connectivity index (χ0) is 17.6. The van der Waals surface area contributed by atoms with Crippen LogP contribution in [0.25, 0.3) is 11.1 Å². The topological polar surface area (TPSA) is 55.6 Å². The monoisotopic (exact) mass is 338 g/mol. The van der Waals surface area contributed by atoms with E-state index in [0.717, 1.165) is 11.1 Å². The molecule has 0 unspecified atom stereocenters. The SMILES string of the molecule is C[C@@H](c1ccc(-c2cccc(OCC(N)=O)c2)cc1)N1CCCCC1. The maximum absolute atomic E-state index is 10.9. The van der Waals surface area contributed by atoms with E-state index in [4.69, 9.17) is 10.5 Å². The third kappa shape index (κ3) is 4.60. The number of hydrogen-bond acceptors (Lipinski definition) is 3. The second-order valence-electron chi connectivity index (χ2n) is 6.68. The van der Waals surface area contributed by atoms with Gasteiger partial charge in [-0.2, -0.15) is 0 Å². The molecule has 4 nitrogen and oxygen atoms in total. The van der Waals surface area contributed by atoms with Gasteiger partial charge in [0.1, 0.15) is 5.75 Å². The number of nitrogens with two attached hydrogens (primary N) is 1. The Morgan fingerprint density at radius 1 is 1.08 bits per heavy atom. The van der Waals surface area contributed by atoms with Crippen LogP contribution in [0.1, 0.15) is 37.8 Å². The molecule has 1 saturated heterocycles. The lowest BCUT2D eigenvalue weighted by molar-refractivity contribution is -0.119. The summed E-state index contributed by atoms with van der Waals surface area (Å²) < 4.78 is 5.39. The predicted octanol–water partition coefficient (Wildman–Crippen LogP) is 3.76. The molecular formula is C21H26N2O2. The number of ether oxygens (including phenoxy) is 1. The summed E-state index contributed by atoms with van der Waals surface area (Å²) in [5.41, 5.74) is 8.69. The molecule has 0 bridgehead atoms. The summed E-state index contributed by atoms with van der Waals surface area (Å²) in [4.78, 5) is 13.4. The molecule has 3 rings (SSSR count). The van der Waals surface area contributed by atoms with Crippen molar-refractivity contribution in [3.8, 4) is 16.9 Å². The van der Waals surface area contributed by atoms with Gasteiger partial charge >= 0.3 is 0 Å². The molecule has 0 spiro atoms. The van der Waals surface area contributed by atoms with Gasteiger partial charge in [-0.05, 0) is 61.7 Å². The highest BCUT2D eigenvalue weighted by atomic mass is 16.5. The smallest absolute Gasteiger partial charge is 0.255 e. The fraction of sp³-hybridized carbons (Fsp3) is 0.381. The summed E-state index contributed by atoms with van der Waals surface area (Å²) in [7, 11) is 0. The Balaban J connectivity index is 1.71. The summed E-state index contributed by atoms with van der Waals surface area (Å²) in [5.74, 6) is 0.184. The van der Waals surface area contributed by atoms with Gasteiger partial charge in [0.2, 0.25) is 0 Å². The van der Waals surface area contributed by atoms with E-state index in [2.05, 4.69) is 36.1 Å². The summed E-state index contributed by atoms with van der Waals surface area (Å²) in [6.07, 6.45) is 3.97. The van der Waals surface area contributed by atoms with Crippen LogP contribution in [0.4, 0.5) is 0 Å². The van der Waals surface area contributed by atoms with Gasteiger partial charge in [-0.3, -0.25) is 9.69 Å². The van der Waals surface area contributed by atoms with Gasteiger partial charge in [-0.25, -0.2) is 0 Å². The number of likely N-dealkylation sites (tertiary alicyclic amines) is 1. The van der Waals surface area contributed by atoms with Gasteiger partial charge in [0.15, 0.2) is 6.61 Å². The highest BCUT2D eigenvalue weighted by Crippen LogP contribution is 2.28. The number of primary amides is 1. The van der Waals surface area contributed by atoms with Crippen LogP contribution in [0.15, 0.2) is 48.5 Å². The fourth-order valence-electron chi connectivity index (χ4n) is 3.39. The first kappa shape index (κ1) is 17.5. The molecule has 1 amide bonds. The minimum Gasteiger partial charge on any atom is -0.484 e. The molecule has 0 saturated carbocycles. The maximum Gasteiger partial charge on any atom is 0.255 e. The van der Waals surface area contributed by atoms with E-state index in [1.165, 1.54) is 37.9 Å². The Bertz CT molecular complexity index is 706. The van der Waals surface area contributed by atoms with E-state index in [1.807, 2.05) is 24.3 Å². The normalized spacial score (nSPS) is 16.4. The number of carbonyl (C=O) groups excluding carboxylic acids is 1. The standard InChI is InChI=1S/C21H26N2O2/c1-16(23-12-3-2-4-13-23)17-8-10-18(11-9-17)19-6-5-7-20(14-19)25-15-21(22)24/h5-11,14,16H,2-4,12-13,15H2,1H3,(H2,22,24)/t16-/m0/s1. The quantitative estimate of drug-likeness (QED) is 0.872. The summed E-state index contributed by atoms with van der Waals surface area (Å²) >= 11 is 0. The van der Waals surface area contributed by atoms with Gasteiger partial charge in [0.25, 0.3) is 5.91 Å². The molecule has 1 heterocycles. The minimum absolute atomic E-state index is 0.101. The first-order valence-electron chi connectivity index (χ1n) is 8.99. The zero-order valence-electron chi connectivity index (χ0n) is 14.8. The third-order valence-corrected chi connectivity index (χ3v) is 4.88. The Kier molecular flexibility index (Phi) is 5.71. The van der Waals surface area contributed by atoms with Crippen molar-refractivity contribution >= 4 is 5.91 Å². The number of piperidine rings is 1. The number of hydrogen-bond donors (Lipinski definition) is 1. The summed E-state index contributed by atoms with van der Waals surface area (Å²) in [5, 5.41) is 0. The van der Waals surface area contributed by atoms with Crippen LogP contribution in [0, 0.1) is 0 Å².